The maximum absolute atomic E-state index is 5.14. The molecule has 0 N–H and O–H groups in total. The minimum Gasteiger partial charge on any atom is -0.252 e. The second-order valence-electron chi connectivity index (χ2n) is 11.3. The van der Waals surface area contributed by atoms with E-state index >= 15 is 0 Å². The van der Waals surface area contributed by atoms with Crippen LogP contribution in [0.1, 0.15) is 16.8 Å². The molecule has 7 aromatic rings. The highest BCUT2D eigenvalue weighted by Gasteiger charge is 2.12. The van der Waals surface area contributed by atoms with Gasteiger partial charge in [0.1, 0.15) is 0 Å². The highest BCUT2D eigenvalue weighted by atomic mass is 14.8. The summed E-state index contributed by atoms with van der Waals surface area (Å²) in [7, 11) is 0. The van der Waals surface area contributed by atoms with E-state index in [4.69, 9.17) is 15.0 Å². The molecule has 0 saturated heterocycles. The summed E-state index contributed by atoms with van der Waals surface area (Å²) in [4.78, 5) is 15.2. The van der Waals surface area contributed by atoms with Gasteiger partial charge in [0.15, 0.2) is 0 Å². The number of nitrogens with zero attached hydrogens (tertiary/aromatic N) is 3. The number of aromatic nitrogens is 3. The van der Waals surface area contributed by atoms with Crippen LogP contribution in [-0.4, -0.2) is 15.0 Å². The SMILES string of the molecule is C1=Cc2ccc(-c3ccccc3)nc2C/C1=C\C=C\c1cccc(-c2ccc3ccc4ccc(-c5ccccc5)nc4c3n2)c1. The van der Waals surface area contributed by atoms with Crippen LogP contribution in [0.3, 0.4) is 0 Å². The maximum Gasteiger partial charge on any atom is 0.0972 e. The Labute approximate surface area is 262 Å². The van der Waals surface area contributed by atoms with E-state index in [1.54, 1.807) is 0 Å². The standard InChI is InChI=1S/C42H29N3/c1-3-12-31(13-4-1)37-24-21-33-18-17-30(28-40(33)43-37)10-7-9-29-11-8-16-36(27-29)39-26-23-35-20-19-34-22-25-38(32-14-5-2-6-15-32)44-41(34)42(35)45-39/h1-27H,28H2/b9-7+,30-10-. The highest BCUT2D eigenvalue weighted by Crippen LogP contribution is 2.29. The molecule has 3 heterocycles. The molecule has 0 radical (unpaired) electrons. The fourth-order valence-corrected chi connectivity index (χ4v) is 5.92. The van der Waals surface area contributed by atoms with Gasteiger partial charge in [-0.1, -0.05) is 140 Å². The highest BCUT2D eigenvalue weighted by molar-refractivity contribution is 6.04. The Morgan fingerprint density at radius 2 is 1.07 bits per heavy atom. The molecule has 0 unspecified atom stereocenters. The van der Waals surface area contributed by atoms with Crippen molar-refractivity contribution >= 4 is 34.0 Å². The van der Waals surface area contributed by atoms with Gasteiger partial charge in [-0.25, -0.2) is 9.97 Å². The van der Waals surface area contributed by atoms with Crippen molar-refractivity contribution in [1.29, 1.82) is 0 Å². The fraction of sp³-hybridized carbons (Fsp3) is 0.0238. The molecule has 1 aliphatic carbocycles. The fourth-order valence-electron chi connectivity index (χ4n) is 5.92. The van der Waals surface area contributed by atoms with Crippen molar-refractivity contribution in [2.45, 2.75) is 6.42 Å². The molecule has 0 amide bonds. The molecule has 0 bridgehead atoms. The maximum atomic E-state index is 5.14. The quantitative estimate of drug-likeness (QED) is 0.192. The molecule has 0 saturated carbocycles. The van der Waals surface area contributed by atoms with E-state index in [9.17, 15) is 0 Å². The Balaban J connectivity index is 1.06. The Morgan fingerprint density at radius 1 is 0.489 bits per heavy atom. The number of fused-ring (bicyclic) bond motifs is 4. The van der Waals surface area contributed by atoms with E-state index < -0.39 is 0 Å². The van der Waals surface area contributed by atoms with Gasteiger partial charge in [0.05, 0.1) is 33.8 Å². The summed E-state index contributed by atoms with van der Waals surface area (Å²) in [5, 5.41) is 2.17. The summed E-state index contributed by atoms with van der Waals surface area (Å²) in [6.07, 6.45) is 11.6. The van der Waals surface area contributed by atoms with Crippen molar-refractivity contribution in [3.63, 3.8) is 0 Å². The normalized spacial score (nSPS) is 13.6. The predicted molar refractivity (Wildman–Crippen MR) is 187 cm³/mol. The lowest BCUT2D eigenvalue weighted by atomic mass is 9.97. The first-order valence-corrected chi connectivity index (χ1v) is 15.2. The Hall–Kier alpha value is -5.93. The molecule has 45 heavy (non-hydrogen) atoms. The third-order valence-corrected chi connectivity index (χ3v) is 8.30. The summed E-state index contributed by atoms with van der Waals surface area (Å²) < 4.78 is 0. The summed E-state index contributed by atoms with van der Waals surface area (Å²) in [6, 6.07) is 46.2. The first kappa shape index (κ1) is 26.7. The lowest BCUT2D eigenvalue weighted by Gasteiger charge is -2.13. The third kappa shape index (κ3) is 5.48. The van der Waals surface area contributed by atoms with Crippen LogP contribution in [0.2, 0.25) is 0 Å². The van der Waals surface area contributed by atoms with Gasteiger partial charge in [-0.05, 0) is 41.0 Å². The van der Waals surface area contributed by atoms with E-state index in [1.807, 2.05) is 24.3 Å². The van der Waals surface area contributed by atoms with E-state index in [0.29, 0.717) is 0 Å². The molecule has 3 heteroatoms. The minimum atomic E-state index is 0.811. The van der Waals surface area contributed by atoms with Gasteiger partial charge >= 0.3 is 0 Å². The molecule has 8 rings (SSSR count). The molecule has 3 nitrogen and oxygen atoms in total. The molecule has 1 aliphatic rings. The molecule has 212 valence electrons. The molecule has 0 atom stereocenters. The lowest BCUT2D eigenvalue weighted by molar-refractivity contribution is 1.06. The van der Waals surface area contributed by atoms with Crippen molar-refractivity contribution in [1.82, 2.24) is 15.0 Å². The zero-order valence-corrected chi connectivity index (χ0v) is 24.6. The van der Waals surface area contributed by atoms with Crippen LogP contribution < -0.4 is 0 Å². The van der Waals surface area contributed by atoms with Gasteiger partial charge in [0.2, 0.25) is 0 Å². The van der Waals surface area contributed by atoms with Gasteiger partial charge in [0.25, 0.3) is 0 Å². The average Bonchev–Trinajstić information content (AvgIpc) is 3.11. The zero-order valence-electron chi connectivity index (χ0n) is 24.6. The van der Waals surface area contributed by atoms with Crippen LogP contribution in [-0.2, 0) is 6.42 Å². The number of benzene rings is 4. The van der Waals surface area contributed by atoms with Crippen LogP contribution in [0, 0.1) is 0 Å². The van der Waals surface area contributed by atoms with Gasteiger partial charge in [-0.3, -0.25) is 4.98 Å². The van der Waals surface area contributed by atoms with Crippen LogP contribution in [0.25, 0.3) is 67.7 Å². The smallest absolute Gasteiger partial charge is 0.0972 e. The van der Waals surface area contributed by atoms with Gasteiger partial charge < -0.3 is 0 Å². The number of rotatable bonds is 5. The Kier molecular flexibility index (Phi) is 6.89. The average molecular weight is 576 g/mol. The summed E-state index contributed by atoms with van der Waals surface area (Å²) >= 11 is 0. The second kappa shape index (κ2) is 11.6. The lowest BCUT2D eigenvalue weighted by Crippen LogP contribution is -2.01. The predicted octanol–water partition coefficient (Wildman–Crippen LogP) is 10.4. The third-order valence-electron chi connectivity index (χ3n) is 8.30. The van der Waals surface area contributed by atoms with Gasteiger partial charge in [-0.2, -0.15) is 0 Å². The number of pyridine rings is 3. The van der Waals surface area contributed by atoms with Crippen LogP contribution in [0.5, 0.6) is 0 Å². The summed E-state index contributed by atoms with van der Waals surface area (Å²) in [5.74, 6) is 0. The monoisotopic (exact) mass is 575 g/mol. The summed E-state index contributed by atoms with van der Waals surface area (Å²) in [6.45, 7) is 0. The number of hydrogen-bond acceptors (Lipinski definition) is 3. The number of hydrogen-bond donors (Lipinski definition) is 0. The molecular weight excluding hydrogens is 546 g/mol. The van der Waals surface area contributed by atoms with Crippen molar-refractivity contribution < 1.29 is 0 Å². The second-order valence-corrected chi connectivity index (χ2v) is 11.3. The Bertz CT molecular complexity index is 2280. The zero-order chi connectivity index (χ0) is 30.0. The van der Waals surface area contributed by atoms with E-state index in [1.165, 1.54) is 11.1 Å². The van der Waals surface area contributed by atoms with Crippen molar-refractivity contribution in [2.24, 2.45) is 0 Å². The molecule has 3 aromatic heterocycles. The molecule has 0 fully saturated rings. The topological polar surface area (TPSA) is 38.7 Å². The largest absolute Gasteiger partial charge is 0.252 e. The van der Waals surface area contributed by atoms with Crippen molar-refractivity contribution in [3.8, 4) is 33.8 Å². The van der Waals surface area contributed by atoms with Crippen LogP contribution >= 0.6 is 0 Å². The number of allylic oxidation sites excluding steroid dienone is 4. The van der Waals surface area contributed by atoms with Gasteiger partial charge in [-0.15, -0.1) is 0 Å². The van der Waals surface area contributed by atoms with E-state index in [-0.39, 0.29) is 0 Å². The van der Waals surface area contributed by atoms with E-state index in [2.05, 4.69) is 140 Å². The van der Waals surface area contributed by atoms with Crippen LogP contribution in [0.15, 0.2) is 157 Å². The Morgan fingerprint density at radius 3 is 1.76 bits per heavy atom. The first-order valence-electron chi connectivity index (χ1n) is 15.2. The first-order chi connectivity index (χ1) is 22.3. The van der Waals surface area contributed by atoms with Crippen molar-refractivity contribution in [2.75, 3.05) is 0 Å². The van der Waals surface area contributed by atoms with Crippen molar-refractivity contribution in [3.05, 3.63) is 174 Å². The van der Waals surface area contributed by atoms with Crippen LogP contribution in [0.4, 0.5) is 0 Å². The van der Waals surface area contributed by atoms with Gasteiger partial charge in [0, 0.05) is 33.9 Å². The van der Waals surface area contributed by atoms with E-state index in [0.717, 1.165) is 73.3 Å². The molecule has 4 aromatic carbocycles. The molecule has 0 spiro atoms. The summed E-state index contributed by atoms with van der Waals surface area (Å²) in [5.41, 5.74) is 12.7. The molecular formula is C42H29N3. The minimum absolute atomic E-state index is 0.811. The molecule has 0 aliphatic heterocycles.